The highest BCUT2D eigenvalue weighted by Crippen LogP contribution is 2.37. The summed E-state index contributed by atoms with van der Waals surface area (Å²) >= 11 is 0. The number of hydrogen-bond donors (Lipinski definition) is 0. The van der Waals surface area contributed by atoms with Crippen molar-refractivity contribution in [2.75, 3.05) is 7.11 Å². The van der Waals surface area contributed by atoms with E-state index in [2.05, 4.69) is 0 Å². The summed E-state index contributed by atoms with van der Waals surface area (Å²) in [5, 5.41) is 0. The molecule has 1 aliphatic rings. The van der Waals surface area contributed by atoms with Gasteiger partial charge in [-0.2, -0.15) is 0 Å². The van der Waals surface area contributed by atoms with Gasteiger partial charge in [0.15, 0.2) is 5.78 Å². The van der Waals surface area contributed by atoms with Gasteiger partial charge in [0, 0.05) is 11.0 Å². The smallest absolute Gasteiger partial charge is 0.168 e. The van der Waals surface area contributed by atoms with Crippen LogP contribution in [0.2, 0.25) is 0 Å². The van der Waals surface area contributed by atoms with E-state index in [1.165, 1.54) is 0 Å². The molecule has 0 aliphatic heterocycles. The molecule has 86 valence electrons. The second-order valence-corrected chi connectivity index (χ2v) is 5.19. The van der Waals surface area contributed by atoms with Gasteiger partial charge in [0.05, 0.1) is 7.11 Å². The van der Waals surface area contributed by atoms with E-state index in [1.54, 1.807) is 7.11 Å². The minimum atomic E-state index is -0.214. The van der Waals surface area contributed by atoms with Crippen LogP contribution in [-0.2, 0) is 6.42 Å². The van der Waals surface area contributed by atoms with Gasteiger partial charge in [-0.3, -0.25) is 4.79 Å². The Labute approximate surface area is 96.6 Å². The van der Waals surface area contributed by atoms with Crippen LogP contribution in [0.15, 0.2) is 12.1 Å². The summed E-state index contributed by atoms with van der Waals surface area (Å²) in [5.41, 5.74) is 2.84. The van der Waals surface area contributed by atoms with E-state index in [0.29, 0.717) is 0 Å². The van der Waals surface area contributed by atoms with Crippen LogP contribution < -0.4 is 4.74 Å². The Morgan fingerprint density at radius 2 is 2.00 bits per heavy atom. The molecule has 0 atom stereocenters. The summed E-state index contributed by atoms with van der Waals surface area (Å²) in [4.78, 5) is 12.2. The van der Waals surface area contributed by atoms with Crippen LogP contribution in [0.1, 0.15) is 41.8 Å². The van der Waals surface area contributed by atoms with Crippen LogP contribution in [0.3, 0.4) is 0 Å². The van der Waals surface area contributed by atoms with E-state index >= 15 is 0 Å². The first-order valence-corrected chi connectivity index (χ1v) is 5.68. The van der Waals surface area contributed by atoms with E-state index in [0.717, 1.165) is 35.3 Å². The Bertz CT molecular complexity index is 444. The largest absolute Gasteiger partial charge is 0.496 e. The van der Waals surface area contributed by atoms with Crippen LogP contribution in [0.5, 0.6) is 5.75 Å². The number of ketones is 1. The summed E-state index contributed by atoms with van der Waals surface area (Å²) in [5.74, 6) is 1.14. The molecule has 0 heterocycles. The van der Waals surface area contributed by atoms with Crippen molar-refractivity contribution >= 4 is 5.78 Å². The number of rotatable bonds is 1. The molecule has 0 N–H and O–H groups in total. The molecule has 2 heteroatoms. The maximum atomic E-state index is 12.2. The maximum absolute atomic E-state index is 12.2. The van der Waals surface area contributed by atoms with Crippen molar-refractivity contribution < 1.29 is 9.53 Å². The van der Waals surface area contributed by atoms with E-state index in [-0.39, 0.29) is 11.2 Å². The van der Waals surface area contributed by atoms with Crippen molar-refractivity contribution in [2.24, 2.45) is 5.41 Å². The summed E-state index contributed by atoms with van der Waals surface area (Å²) in [7, 11) is 1.67. The van der Waals surface area contributed by atoms with E-state index < -0.39 is 0 Å². The van der Waals surface area contributed by atoms with Crippen LogP contribution in [0.25, 0.3) is 0 Å². The second kappa shape index (κ2) is 3.62. The minimum Gasteiger partial charge on any atom is -0.496 e. The molecule has 0 amide bonds. The molecule has 16 heavy (non-hydrogen) atoms. The van der Waals surface area contributed by atoms with Crippen molar-refractivity contribution in [3.05, 3.63) is 28.8 Å². The van der Waals surface area contributed by atoms with Gasteiger partial charge in [-0.15, -0.1) is 0 Å². The van der Waals surface area contributed by atoms with E-state index in [1.807, 2.05) is 32.9 Å². The van der Waals surface area contributed by atoms with Crippen LogP contribution >= 0.6 is 0 Å². The normalized spacial score (nSPS) is 18.1. The molecule has 2 rings (SSSR count). The van der Waals surface area contributed by atoms with Gasteiger partial charge in [0.2, 0.25) is 0 Å². The molecule has 0 unspecified atom stereocenters. The molecule has 1 aromatic carbocycles. The molecule has 1 aliphatic carbocycles. The Hall–Kier alpha value is -1.31. The number of carbonyl (C=O) groups excluding carboxylic acids is 1. The monoisotopic (exact) mass is 218 g/mol. The number of Topliss-reactive ketones (excluding diaryl/α,β-unsaturated/α-hetero) is 1. The van der Waals surface area contributed by atoms with E-state index in [4.69, 9.17) is 4.74 Å². The van der Waals surface area contributed by atoms with E-state index in [9.17, 15) is 4.79 Å². The molecular formula is C14H18O2. The fourth-order valence-corrected chi connectivity index (χ4v) is 2.29. The number of ether oxygens (including phenoxy) is 1. The first-order valence-electron chi connectivity index (χ1n) is 5.68. The van der Waals surface area contributed by atoms with Crippen LogP contribution in [-0.4, -0.2) is 12.9 Å². The van der Waals surface area contributed by atoms with Crippen LogP contribution in [0, 0.1) is 12.3 Å². The highest BCUT2D eigenvalue weighted by molar-refractivity contribution is 6.02. The predicted molar refractivity (Wildman–Crippen MR) is 64.2 cm³/mol. The summed E-state index contributed by atoms with van der Waals surface area (Å²) in [6.07, 6.45) is 1.88. The van der Waals surface area contributed by atoms with Gasteiger partial charge in [-0.1, -0.05) is 13.8 Å². The second-order valence-electron chi connectivity index (χ2n) is 5.19. The maximum Gasteiger partial charge on any atom is 0.168 e. The van der Waals surface area contributed by atoms with Crippen molar-refractivity contribution in [1.29, 1.82) is 0 Å². The first kappa shape index (κ1) is 11.2. The molecule has 0 aromatic heterocycles. The Morgan fingerprint density at radius 1 is 1.31 bits per heavy atom. The van der Waals surface area contributed by atoms with Gasteiger partial charge < -0.3 is 4.74 Å². The fraction of sp³-hybridized carbons (Fsp3) is 0.500. The zero-order chi connectivity index (χ0) is 11.9. The van der Waals surface area contributed by atoms with Crippen molar-refractivity contribution in [1.82, 2.24) is 0 Å². The lowest BCUT2D eigenvalue weighted by Gasteiger charge is -2.30. The SMILES string of the molecule is COc1cc2c(cc1C)C(=O)C(C)(C)CC2. The molecule has 0 fully saturated rings. The Balaban J connectivity index is 2.54. The summed E-state index contributed by atoms with van der Waals surface area (Å²) in [6, 6.07) is 3.98. The zero-order valence-electron chi connectivity index (χ0n) is 10.4. The molecule has 0 bridgehead atoms. The summed E-state index contributed by atoms with van der Waals surface area (Å²) in [6.45, 7) is 6.03. The first-order chi connectivity index (χ1) is 7.45. The topological polar surface area (TPSA) is 26.3 Å². The number of aryl methyl sites for hydroxylation is 2. The van der Waals surface area contributed by atoms with Gasteiger partial charge in [0.25, 0.3) is 0 Å². The molecule has 0 saturated heterocycles. The highest BCUT2D eigenvalue weighted by Gasteiger charge is 2.34. The molecule has 0 radical (unpaired) electrons. The summed E-state index contributed by atoms with van der Waals surface area (Å²) < 4.78 is 5.29. The lowest BCUT2D eigenvalue weighted by molar-refractivity contribution is 0.0811. The lowest BCUT2D eigenvalue weighted by Crippen LogP contribution is -2.30. The molecule has 1 aromatic rings. The molecular weight excluding hydrogens is 200 g/mol. The highest BCUT2D eigenvalue weighted by atomic mass is 16.5. The van der Waals surface area contributed by atoms with Gasteiger partial charge in [0.1, 0.15) is 5.75 Å². The predicted octanol–water partition coefficient (Wildman–Crippen LogP) is 3.16. The number of methoxy groups -OCH3 is 1. The van der Waals surface area contributed by atoms with Crippen molar-refractivity contribution in [3.63, 3.8) is 0 Å². The molecule has 2 nitrogen and oxygen atoms in total. The number of benzene rings is 1. The standard InChI is InChI=1S/C14H18O2/c1-9-7-11-10(8-12(9)16-4)5-6-14(2,3)13(11)15/h7-8H,5-6H2,1-4H3. The average Bonchev–Trinajstić information content (AvgIpc) is 2.24. The van der Waals surface area contributed by atoms with Crippen molar-refractivity contribution in [3.8, 4) is 5.75 Å². The van der Waals surface area contributed by atoms with Crippen LogP contribution in [0.4, 0.5) is 0 Å². The zero-order valence-corrected chi connectivity index (χ0v) is 10.4. The molecule has 0 spiro atoms. The minimum absolute atomic E-state index is 0.214. The van der Waals surface area contributed by atoms with Gasteiger partial charge in [-0.05, 0) is 43.0 Å². The number of hydrogen-bond acceptors (Lipinski definition) is 2. The molecule has 0 saturated carbocycles. The Morgan fingerprint density at radius 3 is 2.62 bits per heavy atom. The van der Waals surface area contributed by atoms with Gasteiger partial charge in [-0.25, -0.2) is 0 Å². The number of carbonyl (C=O) groups is 1. The average molecular weight is 218 g/mol. The lowest BCUT2D eigenvalue weighted by atomic mass is 9.73. The van der Waals surface area contributed by atoms with Crippen molar-refractivity contribution in [2.45, 2.75) is 33.6 Å². The fourth-order valence-electron chi connectivity index (χ4n) is 2.29. The quantitative estimate of drug-likeness (QED) is 0.723. The third-order valence-corrected chi connectivity index (χ3v) is 3.50. The number of fused-ring (bicyclic) bond motifs is 1. The third kappa shape index (κ3) is 1.62. The van der Waals surface area contributed by atoms with Gasteiger partial charge >= 0.3 is 0 Å². The Kier molecular flexibility index (Phi) is 2.53. The third-order valence-electron chi connectivity index (χ3n) is 3.50.